The average molecular weight is 647 g/mol. The Morgan fingerprint density at radius 2 is 1.60 bits per heavy atom. The average Bonchev–Trinajstić information content (AvgIpc) is 3.43. The second kappa shape index (κ2) is 14.7. The minimum absolute atomic E-state index is 0.0132. The molecule has 48 heavy (non-hydrogen) atoms. The van der Waals surface area contributed by atoms with Crippen molar-refractivity contribution >= 4 is 17.6 Å². The predicted octanol–water partition coefficient (Wildman–Crippen LogP) is 8.37. The molecule has 7 nitrogen and oxygen atoms in total. The van der Waals surface area contributed by atoms with E-state index in [4.69, 9.17) is 9.47 Å². The second-order valence-corrected chi connectivity index (χ2v) is 12.4. The molecule has 246 valence electrons. The molecule has 2 N–H and O–H groups in total. The fourth-order valence-electron chi connectivity index (χ4n) is 6.37. The van der Waals surface area contributed by atoms with Gasteiger partial charge in [0.1, 0.15) is 24.3 Å². The first-order chi connectivity index (χ1) is 23.3. The Bertz CT molecular complexity index is 1850. The lowest BCUT2D eigenvalue weighted by atomic mass is 9.94. The summed E-state index contributed by atoms with van der Waals surface area (Å²) in [6, 6.07) is 33.2. The van der Waals surface area contributed by atoms with Crippen LogP contribution < -0.4 is 10.1 Å². The van der Waals surface area contributed by atoms with Gasteiger partial charge >= 0.3 is 5.97 Å². The molecule has 0 radical (unpaired) electrons. The number of hydrogen-bond acceptors (Lipinski definition) is 5. The zero-order valence-corrected chi connectivity index (χ0v) is 27.1. The molecule has 0 aliphatic carbocycles. The number of carbonyl (C=O) groups is 2. The van der Waals surface area contributed by atoms with Gasteiger partial charge in [0.25, 0.3) is 5.91 Å². The molecule has 1 aliphatic heterocycles. The van der Waals surface area contributed by atoms with Crippen LogP contribution >= 0.6 is 0 Å². The number of cyclic esters (lactones) is 1. The minimum atomic E-state index is -0.751. The summed E-state index contributed by atoms with van der Waals surface area (Å²) >= 11 is 0. The highest BCUT2D eigenvalue weighted by Crippen LogP contribution is 2.43. The van der Waals surface area contributed by atoms with Crippen LogP contribution in [0.1, 0.15) is 60.6 Å². The number of ether oxygens (including phenoxy) is 2. The van der Waals surface area contributed by atoms with E-state index in [2.05, 4.69) is 9.88 Å². The van der Waals surface area contributed by atoms with Gasteiger partial charge in [0, 0.05) is 36.3 Å². The van der Waals surface area contributed by atoms with Gasteiger partial charge in [0.15, 0.2) is 0 Å². The number of amides is 1. The van der Waals surface area contributed by atoms with Crippen LogP contribution in [-0.4, -0.2) is 33.8 Å². The lowest BCUT2D eigenvalue weighted by Crippen LogP contribution is -2.33. The van der Waals surface area contributed by atoms with Crippen LogP contribution in [0.25, 0.3) is 22.4 Å². The van der Waals surface area contributed by atoms with Gasteiger partial charge in [-0.3, -0.25) is 9.59 Å². The zero-order chi connectivity index (χ0) is 33.6. The molecular weight excluding hydrogens is 607 g/mol. The summed E-state index contributed by atoms with van der Waals surface area (Å²) in [6.07, 6.45) is -0.450. The van der Waals surface area contributed by atoms with E-state index < -0.39 is 18.2 Å². The number of rotatable bonds is 11. The van der Waals surface area contributed by atoms with Crippen molar-refractivity contribution in [2.24, 2.45) is 0 Å². The van der Waals surface area contributed by atoms with Crippen molar-refractivity contribution in [2.75, 3.05) is 5.32 Å². The molecule has 1 saturated heterocycles. The molecule has 1 amide bonds. The smallest absolute Gasteiger partial charge is 0.308 e. The first kappa shape index (κ1) is 32.7. The van der Waals surface area contributed by atoms with Crippen LogP contribution in [0.15, 0.2) is 109 Å². The number of anilines is 1. The van der Waals surface area contributed by atoms with Crippen molar-refractivity contribution in [1.29, 1.82) is 0 Å². The molecule has 8 heteroatoms. The molecule has 2 atom stereocenters. The Morgan fingerprint density at radius 1 is 0.938 bits per heavy atom. The van der Waals surface area contributed by atoms with Crippen LogP contribution in [0.5, 0.6) is 5.75 Å². The summed E-state index contributed by atoms with van der Waals surface area (Å²) in [5.41, 5.74) is 6.07. The van der Waals surface area contributed by atoms with Gasteiger partial charge in [-0.1, -0.05) is 74.5 Å². The highest BCUT2D eigenvalue weighted by Gasteiger charge is 2.32. The normalized spacial score (nSPS) is 16.1. The van der Waals surface area contributed by atoms with Crippen LogP contribution in [0.4, 0.5) is 10.1 Å². The van der Waals surface area contributed by atoms with E-state index in [9.17, 15) is 19.1 Å². The Kier molecular flexibility index (Phi) is 10.0. The predicted molar refractivity (Wildman–Crippen MR) is 184 cm³/mol. The Hall–Kier alpha value is -5.21. The van der Waals surface area contributed by atoms with Crippen molar-refractivity contribution in [1.82, 2.24) is 4.57 Å². The number of aliphatic hydroxyl groups is 1. The molecule has 6 rings (SSSR count). The molecule has 2 unspecified atom stereocenters. The molecule has 0 spiro atoms. The molecule has 0 saturated carbocycles. The summed E-state index contributed by atoms with van der Waals surface area (Å²) < 4.78 is 27.8. The van der Waals surface area contributed by atoms with Crippen LogP contribution in [-0.2, 0) is 22.7 Å². The molecule has 1 aliphatic rings. The summed E-state index contributed by atoms with van der Waals surface area (Å²) in [5, 5.41) is 13.4. The molecule has 4 aromatic carbocycles. The summed E-state index contributed by atoms with van der Waals surface area (Å²) in [7, 11) is 0. The highest BCUT2D eigenvalue weighted by atomic mass is 19.1. The quantitative estimate of drug-likeness (QED) is 0.141. The lowest BCUT2D eigenvalue weighted by Gasteiger charge is -2.27. The fraction of sp³-hybridized carbons (Fsp3) is 0.250. The number of nitrogens with zero attached hydrogens (tertiary/aromatic N) is 1. The largest absolute Gasteiger partial charge is 0.489 e. The number of benzene rings is 4. The van der Waals surface area contributed by atoms with E-state index in [0.717, 1.165) is 33.6 Å². The van der Waals surface area contributed by atoms with Gasteiger partial charge in [0.05, 0.1) is 23.8 Å². The van der Waals surface area contributed by atoms with Crippen LogP contribution in [0, 0.1) is 5.82 Å². The number of halogens is 1. The van der Waals surface area contributed by atoms with Gasteiger partial charge in [-0.25, -0.2) is 4.39 Å². The van der Waals surface area contributed by atoms with Gasteiger partial charge in [0.2, 0.25) is 0 Å². The van der Waals surface area contributed by atoms with Crippen molar-refractivity contribution in [3.63, 3.8) is 0 Å². The maximum Gasteiger partial charge on any atom is 0.308 e. The molecule has 1 fully saturated rings. The Morgan fingerprint density at radius 3 is 2.25 bits per heavy atom. The Labute approximate surface area is 280 Å². The first-order valence-electron chi connectivity index (χ1n) is 16.3. The number of aromatic nitrogens is 1. The van der Waals surface area contributed by atoms with Crippen LogP contribution in [0.2, 0.25) is 0 Å². The maximum absolute atomic E-state index is 14.5. The van der Waals surface area contributed by atoms with E-state index in [1.54, 1.807) is 12.1 Å². The number of hydrogen-bond donors (Lipinski definition) is 2. The third-order valence-electron chi connectivity index (χ3n) is 8.53. The number of carbonyl (C=O) groups excluding carboxylic acids is 2. The minimum Gasteiger partial charge on any atom is -0.489 e. The van der Waals surface area contributed by atoms with Gasteiger partial charge in [-0.15, -0.1) is 0 Å². The molecule has 5 aromatic rings. The second-order valence-electron chi connectivity index (χ2n) is 12.4. The molecular formula is C40H39FN2O5. The van der Waals surface area contributed by atoms with E-state index in [1.165, 1.54) is 12.1 Å². The van der Waals surface area contributed by atoms with Gasteiger partial charge in [-0.2, -0.15) is 0 Å². The summed E-state index contributed by atoms with van der Waals surface area (Å²) in [4.78, 5) is 26.6. The molecule has 2 heterocycles. The number of esters is 1. The first-order valence-corrected chi connectivity index (χ1v) is 16.3. The van der Waals surface area contributed by atoms with Crippen molar-refractivity contribution in [3.8, 4) is 28.1 Å². The van der Waals surface area contributed by atoms with Crippen LogP contribution in [0.3, 0.4) is 0 Å². The third-order valence-corrected chi connectivity index (χ3v) is 8.53. The summed E-state index contributed by atoms with van der Waals surface area (Å²) in [5.74, 6) is -0.467. The highest BCUT2D eigenvalue weighted by molar-refractivity contribution is 6.12. The van der Waals surface area contributed by atoms with Crippen molar-refractivity contribution in [3.05, 3.63) is 132 Å². The monoisotopic (exact) mass is 646 g/mol. The molecule has 0 bridgehead atoms. The summed E-state index contributed by atoms with van der Waals surface area (Å²) in [6.45, 7) is 4.92. The Balaban J connectivity index is 1.40. The van der Waals surface area contributed by atoms with Crippen molar-refractivity contribution in [2.45, 2.75) is 64.4 Å². The lowest BCUT2D eigenvalue weighted by molar-refractivity contribution is -0.160. The number of nitrogens with one attached hydrogen (secondary N) is 1. The van der Waals surface area contributed by atoms with E-state index in [-0.39, 0.29) is 24.1 Å². The van der Waals surface area contributed by atoms with E-state index in [0.29, 0.717) is 43.0 Å². The topological polar surface area (TPSA) is 89.8 Å². The van der Waals surface area contributed by atoms with E-state index in [1.807, 2.05) is 98.8 Å². The fourth-order valence-corrected chi connectivity index (χ4v) is 6.37. The number of aliphatic hydroxyl groups excluding tert-OH is 1. The maximum atomic E-state index is 14.5. The third kappa shape index (κ3) is 7.50. The zero-order valence-electron chi connectivity index (χ0n) is 27.1. The van der Waals surface area contributed by atoms with Crippen molar-refractivity contribution < 1.29 is 28.6 Å². The van der Waals surface area contributed by atoms with Gasteiger partial charge < -0.3 is 24.5 Å². The standard InChI is InChI=1S/C40H39FN2O5/c1-26(2)38-37(40(46)42-31-17-19-33(20-18-31)47-25-27-9-5-3-6-10-27)36(28-11-7-4-8-12-28)39(29-13-15-30(41)16-14-29)43(38)22-21-34-23-32(44)24-35(45)48-34/h3-20,26,32,34,44H,21-25H2,1-2H3,(H,42,46). The van der Waals surface area contributed by atoms with E-state index >= 15 is 0 Å². The SMILES string of the molecule is CC(C)c1c(C(=O)Nc2ccc(OCc3ccccc3)cc2)c(-c2ccccc2)c(-c2ccc(F)cc2)n1CCC1CC(O)CC(=O)O1. The molecule has 1 aromatic heterocycles. The van der Waals surface area contributed by atoms with Gasteiger partial charge in [-0.05, 0) is 71.1 Å².